The molecule has 100 valence electrons. The van der Waals surface area contributed by atoms with Crippen LogP contribution in [0, 0.1) is 5.41 Å². The van der Waals surface area contributed by atoms with Gasteiger partial charge < -0.3 is 0 Å². The van der Waals surface area contributed by atoms with Crippen molar-refractivity contribution in [1.82, 2.24) is 0 Å². The second-order valence-corrected chi connectivity index (χ2v) is 8.65. The van der Waals surface area contributed by atoms with Gasteiger partial charge in [0.05, 0.1) is 4.70 Å². The summed E-state index contributed by atoms with van der Waals surface area (Å²) in [6, 6.07) is 9.39. The number of aryl methyl sites for hydroxylation is 1. The highest BCUT2D eigenvalue weighted by atomic mass is 32.1. The summed E-state index contributed by atoms with van der Waals surface area (Å²) in [4.78, 5) is 1.50. The molecular weight excluding hydrogens is 268 g/mol. The smallest absolute Gasteiger partial charge is 0.0532 e. The molecule has 0 aliphatic carbocycles. The first-order valence-corrected chi connectivity index (χ1v) is 8.53. The predicted molar refractivity (Wildman–Crippen MR) is 89.7 cm³/mol. The van der Waals surface area contributed by atoms with Crippen LogP contribution in [0.15, 0.2) is 24.3 Å². The quantitative estimate of drug-likeness (QED) is 0.521. The number of benzene rings is 1. The molecule has 0 atom stereocenters. The first kappa shape index (κ1) is 13.1. The molecule has 0 bridgehead atoms. The van der Waals surface area contributed by atoms with Gasteiger partial charge in [-0.1, -0.05) is 33.8 Å². The maximum atomic E-state index is 2.41. The molecular formula is C17H20S2. The largest absolute Gasteiger partial charge is 0.139 e. The van der Waals surface area contributed by atoms with Crippen molar-refractivity contribution < 1.29 is 0 Å². The van der Waals surface area contributed by atoms with Gasteiger partial charge in [0.2, 0.25) is 0 Å². The van der Waals surface area contributed by atoms with Crippen LogP contribution in [0.2, 0.25) is 0 Å². The molecule has 0 aliphatic heterocycles. The lowest BCUT2D eigenvalue weighted by atomic mass is 9.88. The highest BCUT2D eigenvalue weighted by Gasteiger charge is 2.14. The number of fused-ring (bicyclic) bond motifs is 3. The highest BCUT2D eigenvalue weighted by Crippen LogP contribution is 2.40. The number of thiophene rings is 2. The van der Waals surface area contributed by atoms with Gasteiger partial charge >= 0.3 is 0 Å². The van der Waals surface area contributed by atoms with Crippen molar-refractivity contribution in [3.8, 4) is 0 Å². The third-order valence-corrected chi connectivity index (χ3v) is 5.90. The lowest BCUT2D eigenvalue weighted by molar-refractivity contribution is 0.411. The average Bonchev–Trinajstić information content (AvgIpc) is 2.84. The van der Waals surface area contributed by atoms with Gasteiger partial charge in [0, 0.05) is 19.7 Å². The SMILES string of the molecule is CCc1cc2sc3ccc(CC(C)(C)C)cc3c2s1. The summed E-state index contributed by atoms with van der Waals surface area (Å²) in [5, 5.41) is 1.46. The lowest BCUT2D eigenvalue weighted by Gasteiger charge is -2.18. The third kappa shape index (κ3) is 2.56. The Morgan fingerprint density at radius 1 is 1.00 bits per heavy atom. The Labute approximate surface area is 123 Å². The molecule has 3 aromatic rings. The van der Waals surface area contributed by atoms with E-state index in [1.165, 1.54) is 29.9 Å². The van der Waals surface area contributed by atoms with Crippen molar-refractivity contribution in [2.24, 2.45) is 5.41 Å². The number of hydrogen-bond donors (Lipinski definition) is 0. The summed E-state index contributed by atoms with van der Waals surface area (Å²) in [5.74, 6) is 0. The van der Waals surface area contributed by atoms with E-state index >= 15 is 0 Å². The molecule has 0 saturated carbocycles. The molecule has 0 radical (unpaired) electrons. The topological polar surface area (TPSA) is 0 Å². The van der Waals surface area contributed by atoms with E-state index in [0.29, 0.717) is 5.41 Å². The first-order chi connectivity index (χ1) is 8.96. The van der Waals surface area contributed by atoms with E-state index in [-0.39, 0.29) is 0 Å². The Balaban J connectivity index is 2.14. The van der Waals surface area contributed by atoms with Gasteiger partial charge in [-0.3, -0.25) is 0 Å². The lowest BCUT2D eigenvalue weighted by Crippen LogP contribution is -2.08. The molecule has 0 aliphatic rings. The fourth-order valence-electron chi connectivity index (χ4n) is 2.54. The van der Waals surface area contributed by atoms with Crippen LogP contribution < -0.4 is 0 Å². The van der Waals surface area contributed by atoms with Crippen molar-refractivity contribution >= 4 is 42.2 Å². The van der Waals surface area contributed by atoms with Gasteiger partial charge in [-0.15, -0.1) is 22.7 Å². The van der Waals surface area contributed by atoms with Gasteiger partial charge in [0.15, 0.2) is 0 Å². The van der Waals surface area contributed by atoms with E-state index in [0.717, 1.165) is 12.8 Å². The zero-order valence-corrected chi connectivity index (χ0v) is 13.7. The maximum Gasteiger partial charge on any atom is 0.0532 e. The van der Waals surface area contributed by atoms with Crippen LogP contribution in [-0.2, 0) is 12.8 Å². The molecule has 0 unspecified atom stereocenters. The van der Waals surface area contributed by atoms with Crippen LogP contribution in [0.1, 0.15) is 38.1 Å². The minimum absolute atomic E-state index is 0.354. The summed E-state index contributed by atoms with van der Waals surface area (Å²) in [7, 11) is 0. The van der Waals surface area contributed by atoms with Crippen LogP contribution in [0.25, 0.3) is 19.5 Å². The van der Waals surface area contributed by atoms with Crippen molar-refractivity contribution in [2.75, 3.05) is 0 Å². The fourth-order valence-corrected chi connectivity index (χ4v) is 5.00. The summed E-state index contributed by atoms with van der Waals surface area (Å²) < 4.78 is 4.39. The second-order valence-electron chi connectivity index (χ2n) is 6.43. The van der Waals surface area contributed by atoms with Crippen molar-refractivity contribution in [3.63, 3.8) is 0 Å². The second kappa shape index (κ2) is 4.60. The fraction of sp³-hybridized carbons (Fsp3) is 0.412. The normalized spacial score (nSPS) is 12.6. The molecule has 1 aromatic carbocycles. The number of rotatable bonds is 2. The van der Waals surface area contributed by atoms with Gasteiger partial charge in [-0.25, -0.2) is 0 Å². The molecule has 0 fully saturated rings. The van der Waals surface area contributed by atoms with E-state index in [2.05, 4.69) is 52.0 Å². The average molecular weight is 288 g/mol. The van der Waals surface area contributed by atoms with Crippen molar-refractivity contribution in [1.29, 1.82) is 0 Å². The van der Waals surface area contributed by atoms with Crippen molar-refractivity contribution in [2.45, 2.75) is 40.5 Å². The Hall–Kier alpha value is -0.860. The summed E-state index contributed by atoms with van der Waals surface area (Å²) >= 11 is 3.91. The summed E-state index contributed by atoms with van der Waals surface area (Å²) in [5.41, 5.74) is 1.82. The zero-order valence-electron chi connectivity index (χ0n) is 12.0. The van der Waals surface area contributed by atoms with E-state index in [1.807, 2.05) is 22.7 Å². The highest BCUT2D eigenvalue weighted by molar-refractivity contribution is 7.32. The Morgan fingerprint density at radius 2 is 1.79 bits per heavy atom. The van der Waals surface area contributed by atoms with Crippen LogP contribution in [0.5, 0.6) is 0 Å². The van der Waals surface area contributed by atoms with Gasteiger partial charge in [0.25, 0.3) is 0 Å². The standard InChI is InChI=1S/C17H20S2/c1-5-12-9-15-16(18-12)13-8-11(10-17(2,3)4)6-7-14(13)19-15/h6-9H,5,10H2,1-4H3. The Bertz CT molecular complexity index is 723. The van der Waals surface area contributed by atoms with Gasteiger partial charge in [-0.05, 0) is 42.0 Å². The van der Waals surface area contributed by atoms with Gasteiger partial charge in [0.1, 0.15) is 0 Å². The predicted octanol–water partition coefficient (Wildman–Crippen LogP) is 6.27. The number of hydrogen-bond acceptors (Lipinski definition) is 2. The molecule has 2 heteroatoms. The molecule has 2 heterocycles. The van der Waals surface area contributed by atoms with E-state index < -0.39 is 0 Å². The summed E-state index contributed by atoms with van der Waals surface area (Å²) in [6.45, 7) is 9.16. The van der Waals surface area contributed by atoms with E-state index in [4.69, 9.17) is 0 Å². The molecule has 0 amide bonds. The van der Waals surface area contributed by atoms with Crippen molar-refractivity contribution in [3.05, 3.63) is 34.7 Å². The maximum absolute atomic E-state index is 2.41. The molecule has 19 heavy (non-hydrogen) atoms. The monoisotopic (exact) mass is 288 g/mol. The van der Waals surface area contributed by atoms with Gasteiger partial charge in [-0.2, -0.15) is 0 Å². The minimum Gasteiger partial charge on any atom is -0.139 e. The first-order valence-electron chi connectivity index (χ1n) is 6.90. The molecule has 3 rings (SSSR count). The van der Waals surface area contributed by atoms with Crippen LogP contribution in [0.4, 0.5) is 0 Å². The van der Waals surface area contributed by atoms with E-state index in [1.54, 1.807) is 0 Å². The molecule has 0 spiro atoms. The molecule has 0 saturated heterocycles. The third-order valence-electron chi connectivity index (χ3n) is 3.34. The molecule has 0 nitrogen and oxygen atoms in total. The van der Waals surface area contributed by atoms with Crippen LogP contribution >= 0.6 is 22.7 Å². The Morgan fingerprint density at radius 3 is 2.47 bits per heavy atom. The molecule has 2 aromatic heterocycles. The zero-order chi connectivity index (χ0) is 13.6. The van der Waals surface area contributed by atoms with E-state index in [9.17, 15) is 0 Å². The van der Waals surface area contributed by atoms with Crippen LogP contribution in [-0.4, -0.2) is 0 Å². The summed E-state index contributed by atoms with van der Waals surface area (Å²) in [6.07, 6.45) is 2.29. The minimum atomic E-state index is 0.354. The van der Waals surface area contributed by atoms with Crippen LogP contribution in [0.3, 0.4) is 0 Å². The Kier molecular flexibility index (Phi) is 3.18. The molecule has 0 N–H and O–H groups in total.